The summed E-state index contributed by atoms with van der Waals surface area (Å²) < 4.78 is 1.48. The Morgan fingerprint density at radius 3 is 2.69 bits per heavy atom. The predicted molar refractivity (Wildman–Crippen MR) is 111 cm³/mol. The molecular weight excluding hydrogens is 388 g/mol. The van der Waals surface area contributed by atoms with Crippen LogP contribution in [0.2, 0.25) is 5.02 Å². The molecule has 0 fully saturated rings. The van der Waals surface area contributed by atoms with Gasteiger partial charge in [-0.2, -0.15) is 0 Å². The van der Waals surface area contributed by atoms with Crippen LogP contribution in [0.15, 0.2) is 67.0 Å². The fraction of sp³-hybridized carbons (Fsp3) is 0.143. The largest absolute Gasteiger partial charge is 0.341 e. The van der Waals surface area contributed by atoms with Gasteiger partial charge >= 0.3 is 0 Å². The molecule has 2 N–H and O–H groups in total. The molecular formula is C21H19ClN6O. The van der Waals surface area contributed by atoms with Crippen molar-refractivity contribution in [3.8, 4) is 16.9 Å². The first-order valence-electron chi connectivity index (χ1n) is 9.24. The van der Waals surface area contributed by atoms with Crippen molar-refractivity contribution >= 4 is 17.5 Å². The standard InChI is InChI=1S/C21H19ClN6O/c1-2-16(20-23-12-17(24-20)14-8-4-3-5-9-14)25-21(29)18-13-28(27-26-18)19-11-7-6-10-15(19)22/h3-13,16H,2H2,1H3,(H,23,24)(H,25,29). The van der Waals surface area contributed by atoms with E-state index in [-0.39, 0.29) is 17.6 Å². The van der Waals surface area contributed by atoms with Gasteiger partial charge in [-0.3, -0.25) is 4.79 Å². The fourth-order valence-corrected chi connectivity index (χ4v) is 3.22. The number of hydrogen-bond acceptors (Lipinski definition) is 4. The van der Waals surface area contributed by atoms with Gasteiger partial charge in [0.05, 0.1) is 34.8 Å². The van der Waals surface area contributed by atoms with Crippen LogP contribution >= 0.6 is 11.6 Å². The number of hydrogen-bond donors (Lipinski definition) is 2. The van der Waals surface area contributed by atoms with Gasteiger partial charge in [-0.1, -0.05) is 66.2 Å². The van der Waals surface area contributed by atoms with Gasteiger partial charge in [-0.05, 0) is 24.1 Å². The average Bonchev–Trinajstić information content (AvgIpc) is 3.43. The molecule has 2 aromatic heterocycles. The molecule has 0 aliphatic carbocycles. The number of aromatic amines is 1. The van der Waals surface area contributed by atoms with E-state index in [9.17, 15) is 4.79 Å². The summed E-state index contributed by atoms with van der Waals surface area (Å²) in [5.74, 6) is 0.367. The Bertz CT molecular complexity index is 1120. The van der Waals surface area contributed by atoms with Crippen LogP contribution in [-0.2, 0) is 0 Å². The molecule has 0 radical (unpaired) electrons. The van der Waals surface area contributed by atoms with Gasteiger partial charge in [-0.25, -0.2) is 9.67 Å². The number of imidazole rings is 1. The Morgan fingerprint density at radius 1 is 1.17 bits per heavy atom. The van der Waals surface area contributed by atoms with Crippen molar-refractivity contribution in [2.45, 2.75) is 19.4 Å². The third-order valence-corrected chi connectivity index (χ3v) is 4.87. The fourth-order valence-electron chi connectivity index (χ4n) is 3.00. The minimum atomic E-state index is -0.326. The third-order valence-electron chi connectivity index (χ3n) is 4.55. The van der Waals surface area contributed by atoms with E-state index in [0.717, 1.165) is 11.3 Å². The molecule has 2 heterocycles. The highest BCUT2D eigenvalue weighted by Gasteiger charge is 2.20. The van der Waals surface area contributed by atoms with Crippen LogP contribution in [0.4, 0.5) is 0 Å². The van der Waals surface area contributed by atoms with E-state index >= 15 is 0 Å². The number of amides is 1. The minimum absolute atomic E-state index is 0.207. The normalized spacial score (nSPS) is 11.9. The molecule has 29 heavy (non-hydrogen) atoms. The third kappa shape index (κ3) is 4.05. The van der Waals surface area contributed by atoms with Crippen LogP contribution < -0.4 is 5.32 Å². The van der Waals surface area contributed by atoms with E-state index in [4.69, 9.17) is 11.6 Å². The van der Waals surface area contributed by atoms with Crippen LogP contribution in [0.5, 0.6) is 0 Å². The van der Waals surface area contributed by atoms with E-state index in [1.807, 2.05) is 55.5 Å². The lowest BCUT2D eigenvalue weighted by Crippen LogP contribution is -2.29. The summed E-state index contributed by atoms with van der Waals surface area (Å²) in [5.41, 5.74) is 2.80. The maximum atomic E-state index is 12.7. The van der Waals surface area contributed by atoms with Crippen molar-refractivity contribution in [3.63, 3.8) is 0 Å². The lowest BCUT2D eigenvalue weighted by molar-refractivity contribution is 0.0928. The molecule has 4 aromatic rings. The quantitative estimate of drug-likeness (QED) is 0.502. The Hall–Kier alpha value is -3.45. The predicted octanol–water partition coefficient (Wildman–Crippen LogP) is 4.19. The van der Waals surface area contributed by atoms with E-state index in [1.54, 1.807) is 18.5 Å². The summed E-state index contributed by atoms with van der Waals surface area (Å²) in [6, 6.07) is 16.9. The molecule has 8 heteroatoms. The molecule has 1 atom stereocenters. The van der Waals surface area contributed by atoms with Crippen LogP contribution in [-0.4, -0.2) is 30.9 Å². The van der Waals surface area contributed by atoms with Crippen LogP contribution in [0, 0.1) is 0 Å². The molecule has 0 saturated carbocycles. The SMILES string of the molecule is CCC(NC(=O)c1cn(-c2ccccc2Cl)nn1)c1ncc(-c2ccccc2)[nH]1. The Kier molecular flexibility index (Phi) is 5.39. The van der Waals surface area contributed by atoms with Crippen molar-refractivity contribution in [1.29, 1.82) is 0 Å². The monoisotopic (exact) mass is 406 g/mol. The highest BCUT2D eigenvalue weighted by molar-refractivity contribution is 6.32. The molecule has 1 amide bonds. The molecule has 0 spiro atoms. The van der Waals surface area contributed by atoms with Gasteiger partial charge in [0, 0.05) is 0 Å². The molecule has 4 rings (SSSR count). The highest BCUT2D eigenvalue weighted by Crippen LogP contribution is 2.21. The van der Waals surface area contributed by atoms with Gasteiger partial charge in [0.2, 0.25) is 0 Å². The van der Waals surface area contributed by atoms with Crippen LogP contribution in [0.25, 0.3) is 16.9 Å². The highest BCUT2D eigenvalue weighted by atomic mass is 35.5. The van der Waals surface area contributed by atoms with Crippen LogP contribution in [0.3, 0.4) is 0 Å². The number of benzene rings is 2. The lowest BCUT2D eigenvalue weighted by Gasteiger charge is -2.13. The summed E-state index contributed by atoms with van der Waals surface area (Å²) in [6.45, 7) is 1.98. The maximum absolute atomic E-state index is 12.7. The van der Waals surface area contributed by atoms with Crippen molar-refractivity contribution in [2.75, 3.05) is 0 Å². The number of H-pyrrole nitrogens is 1. The zero-order chi connectivity index (χ0) is 20.2. The topological polar surface area (TPSA) is 88.5 Å². The van der Waals surface area contributed by atoms with Gasteiger partial charge in [-0.15, -0.1) is 5.10 Å². The second-order valence-electron chi connectivity index (χ2n) is 6.48. The first-order chi connectivity index (χ1) is 14.2. The van der Waals surface area contributed by atoms with Gasteiger partial charge in [0.1, 0.15) is 5.82 Å². The zero-order valence-electron chi connectivity index (χ0n) is 15.7. The van der Waals surface area contributed by atoms with Crippen LogP contribution in [0.1, 0.15) is 35.7 Å². The zero-order valence-corrected chi connectivity index (χ0v) is 16.5. The first kappa shape index (κ1) is 18.9. The summed E-state index contributed by atoms with van der Waals surface area (Å²) in [6.07, 6.45) is 4.00. The Balaban J connectivity index is 1.50. The number of carbonyl (C=O) groups is 1. The van der Waals surface area contributed by atoms with E-state index in [0.29, 0.717) is 23.0 Å². The molecule has 7 nitrogen and oxygen atoms in total. The molecule has 0 saturated heterocycles. The summed E-state index contributed by atoms with van der Waals surface area (Å²) in [7, 11) is 0. The van der Waals surface area contributed by atoms with Crippen molar-refractivity contribution < 1.29 is 4.79 Å². The first-order valence-corrected chi connectivity index (χ1v) is 9.62. The Morgan fingerprint density at radius 2 is 1.93 bits per heavy atom. The molecule has 0 aliphatic rings. The molecule has 146 valence electrons. The van der Waals surface area contributed by atoms with Gasteiger partial charge in [0.25, 0.3) is 5.91 Å². The van der Waals surface area contributed by atoms with Gasteiger partial charge < -0.3 is 10.3 Å². The second kappa shape index (κ2) is 8.28. The number of halogens is 1. The number of para-hydroxylation sites is 1. The van der Waals surface area contributed by atoms with E-state index in [1.165, 1.54) is 4.68 Å². The number of rotatable bonds is 6. The number of nitrogens with one attached hydrogen (secondary N) is 2. The smallest absolute Gasteiger partial charge is 0.274 e. The minimum Gasteiger partial charge on any atom is -0.341 e. The molecule has 2 aromatic carbocycles. The number of carbonyl (C=O) groups excluding carboxylic acids is 1. The number of nitrogens with zero attached hydrogens (tertiary/aromatic N) is 4. The van der Waals surface area contributed by atoms with Crippen molar-refractivity contribution in [3.05, 3.63) is 83.5 Å². The van der Waals surface area contributed by atoms with E-state index in [2.05, 4.69) is 25.6 Å². The van der Waals surface area contributed by atoms with Gasteiger partial charge in [0.15, 0.2) is 5.69 Å². The molecule has 0 bridgehead atoms. The summed E-state index contributed by atoms with van der Waals surface area (Å²) in [5, 5.41) is 11.5. The summed E-state index contributed by atoms with van der Waals surface area (Å²) >= 11 is 6.19. The Labute approximate surface area is 172 Å². The average molecular weight is 407 g/mol. The van der Waals surface area contributed by atoms with Crippen molar-refractivity contribution in [1.82, 2.24) is 30.3 Å². The van der Waals surface area contributed by atoms with Crippen molar-refractivity contribution in [2.24, 2.45) is 0 Å². The molecule has 1 unspecified atom stereocenters. The summed E-state index contributed by atoms with van der Waals surface area (Å²) in [4.78, 5) is 20.4. The maximum Gasteiger partial charge on any atom is 0.274 e. The second-order valence-corrected chi connectivity index (χ2v) is 6.89. The lowest BCUT2D eigenvalue weighted by atomic mass is 10.2. The number of aromatic nitrogens is 5. The van der Waals surface area contributed by atoms with E-state index < -0.39 is 0 Å². The molecule has 0 aliphatic heterocycles.